The number of halogens is 1. The Bertz CT molecular complexity index is 921. The van der Waals surface area contributed by atoms with Gasteiger partial charge in [-0.25, -0.2) is 4.39 Å². The minimum Gasteiger partial charge on any atom is -0.385 e. The molecule has 2 N–H and O–H groups in total. The number of carbonyl (C=O) groups is 3. The van der Waals surface area contributed by atoms with Crippen molar-refractivity contribution < 1.29 is 23.5 Å². The first-order valence-corrected chi connectivity index (χ1v) is 12.1. The van der Waals surface area contributed by atoms with Gasteiger partial charge < -0.3 is 15.0 Å². The zero-order valence-electron chi connectivity index (χ0n) is 19.5. The summed E-state index contributed by atoms with van der Waals surface area (Å²) in [6, 6.07) is 3.38. The van der Waals surface area contributed by atoms with Crippen LogP contribution in [-0.2, 0) is 27.3 Å². The molecule has 3 amide bonds. The predicted molar refractivity (Wildman–Crippen MR) is 121 cm³/mol. The van der Waals surface area contributed by atoms with Crippen LogP contribution >= 0.6 is 0 Å². The van der Waals surface area contributed by atoms with E-state index in [9.17, 15) is 14.4 Å². The van der Waals surface area contributed by atoms with Gasteiger partial charge in [-0.15, -0.1) is 0 Å². The maximum Gasteiger partial charge on any atom is 0.255 e. The van der Waals surface area contributed by atoms with Crippen LogP contribution < -0.4 is 10.6 Å². The van der Waals surface area contributed by atoms with Gasteiger partial charge in [-0.1, -0.05) is 18.9 Å². The van der Waals surface area contributed by atoms with Crippen molar-refractivity contribution in [2.45, 2.75) is 83.0 Å². The van der Waals surface area contributed by atoms with E-state index in [1.54, 1.807) is 19.2 Å². The zero-order valence-corrected chi connectivity index (χ0v) is 19.5. The second-order valence-electron chi connectivity index (χ2n) is 9.67. The molecule has 0 aromatic heterocycles. The van der Waals surface area contributed by atoms with Gasteiger partial charge in [0.25, 0.3) is 5.91 Å². The van der Waals surface area contributed by atoms with Crippen molar-refractivity contribution in [2.75, 3.05) is 13.7 Å². The van der Waals surface area contributed by atoms with Crippen LogP contribution in [0.4, 0.5) is 4.39 Å². The molecule has 2 aliphatic heterocycles. The van der Waals surface area contributed by atoms with Crippen LogP contribution in [-0.4, -0.2) is 54.5 Å². The smallest absolute Gasteiger partial charge is 0.255 e. The Morgan fingerprint density at radius 2 is 2.00 bits per heavy atom. The first-order valence-electron chi connectivity index (χ1n) is 12.1. The van der Waals surface area contributed by atoms with Crippen molar-refractivity contribution in [3.05, 3.63) is 34.6 Å². The van der Waals surface area contributed by atoms with Crippen molar-refractivity contribution in [3.63, 3.8) is 0 Å². The van der Waals surface area contributed by atoms with Gasteiger partial charge in [0.05, 0.1) is 6.54 Å². The Kier molecular flexibility index (Phi) is 7.44. The van der Waals surface area contributed by atoms with E-state index >= 15 is 4.39 Å². The van der Waals surface area contributed by atoms with Gasteiger partial charge >= 0.3 is 0 Å². The second-order valence-corrected chi connectivity index (χ2v) is 9.67. The van der Waals surface area contributed by atoms with Crippen molar-refractivity contribution in [3.8, 4) is 0 Å². The standard InChI is InChI=1S/C25H34FN3O4/c1-15(11-12-33-2)27-20-6-4-3-5-16(20)13-17-7-8-18-19(23(17)26)14-29(25(18)32)21-9-10-22(30)28-24(21)31/h7-8,15-16,20-21,27H,3-6,9-14H2,1-2H3,(H,28,30,31)/t15-,16-,20+,21?/m1/s1. The highest BCUT2D eigenvalue weighted by Gasteiger charge is 2.40. The Labute approximate surface area is 194 Å². The highest BCUT2D eigenvalue weighted by Crippen LogP contribution is 2.34. The number of hydrogen-bond donors (Lipinski definition) is 2. The summed E-state index contributed by atoms with van der Waals surface area (Å²) in [5.41, 5.74) is 1.33. The normalized spacial score (nSPS) is 26.3. The van der Waals surface area contributed by atoms with E-state index in [4.69, 9.17) is 4.74 Å². The van der Waals surface area contributed by atoms with Crippen LogP contribution in [0.5, 0.6) is 0 Å². The molecule has 8 heteroatoms. The molecule has 3 aliphatic rings. The summed E-state index contributed by atoms with van der Waals surface area (Å²) in [5.74, 6) is -1.14. The minimum absolute atomic E-state index is 0.0700. The first-order chi connectivity index (χ1) is 15.9. The number of fused-ring (bicyclic) bond motifs is 1. The lowest BCUT2D eigenvalue weighted by Crippen LogP contribution is -2.52. The molecule has 7 nitrogen and oxygen atoms in total. The van der Waals surface area contributed by atoms with Gasteiger partial charge in [-0.3, -0.25) is 19.7 Å². The molecule has 1 aromatic carbocycles. The fourth-order valence-electron chi connectivity index (χ4n) is 5.51. The molecule has 4 rings (SSSR count). The molecule has 1 saturated carbocycles. The van der Waals surface area contributed by atoms with E-state index in [0.29, 0.717) is 47.7 Å². The van der Waals surface area contributed by atoms with E-state index in [1.165, 1.54) is 11.3 Å². The topological polar surface area (TPSA) is 87.7 Å². The number of benzene rings is 1. The van der Waals surface area contributed by atoms with Gasteiger partial charge in [0, 0.05) is 43.3 Å². The van der Waals surface area contributed by atoms with Crippen LogP contribution in [0.2, 0.25) is 0 Å². The van der Waals surface area contributed by atoms with Crippen molar-refractivity contribution in [1.82, 2.24) is 15.5 Å². The molecule has 0 bridgehead atoms. The Hall–Kier alpha value is -2.32. The van der Waals surface area contributed by atoms with E-state index in [1.807, 2.05) is 0 Å². The van der Waals surface area contributed by atoms with Gasteiger partial charge in [-0.05, 0) is 56.6 Å². The molecule has 0 radical (unpaired) electrons. The van der Waals surface area contributed by atoms with Gasteiger partial charge in [-0.2, -0.15) is 0 Å². The lowest BCUT2D eigenvalue weighted by molar-refractivity contribution is -0.136. The molecular weight excluding hydrogens is 425 g/mol. The summed E-state index contributed by atoms with van der Waals surface area (Å²) < 4.78 is 20.8. The Morgan fingerprint density at radius 1 is 1.21 bits per heavy atom. The zero-order chi connectivity index (χ0) is 23.5. The number of nitrogens with one attached hydrogen (secondary N) is 2. The second kappa shape index (κ2) is 10.3. The number of amides is 3. The molecule has 33 heavy (non-hydrogen) atoms. The third-order valence-electron chi connectivity index (χ3n) is 7.37. The van der Waals surface area contributed by atoms with Gasteiger partial charge in [0.15, 0.2) is 0 Å². The maximum absolute atomic E-state index is 15.6. The molecule has 1 unspecified atom stereocenters. The predicted octanol–water partition coefficient (Wildman–Crippen LogP) is 2.70. The molecule has 1 aliphatic carbocycles. The fraction of sp³-hybridized carbons (Fsp3) is 0.640. The van der Waals surface area contributed by atoms with E-state index in [2.05, 4.69) is 17.6 Å². The number of methoxy groups -OCH3 is 1. The number of hydrogen-bond acceptors (Lipinski definition) is 5. The number of imide groups is 1. The van der Waals surface area contributed by atoms with Gasteiger partial charge in [0.2, 0.25) is 11.8 Å². The largest absolute Gasteiger partial charge is 0.385 e. The van der Waals surface area contributed by atoms with Crippen molar-refractivity contribution in [2.24, 2.45) is 5.92 Å². The average Bonchev–Trinajstić information content (AvgIpc) is 3.12. The summed E-state index contributed by atoms with van der Waals surface area (Å²) in [4.78, 5) is 38.0. The highest BCUT2D eigenvalue weighted by atomic mass is 19.1. The van der Waals surface area contributed by atoms with Gasteiger partial charge in [0.1, 0.15) is 11.9 Å². The van der Waals surface area contributed by atoms with E-state index in [0.717, 1.165) is 25.7 Å². The number of ether oxygens (including phenoxy) is 1. The SMILES string of the molecule is COCC[C@@H](C)N[C@H]1CCCC[C@@H]1Cc1ccc2c(c1F)CN(C1CCC(=O)NC1=O)C2=O. The molecular formula is C25H34FN3O4. The fourth-order valence-corrected chi connectivity index (χ4v) is 5.51. The Balaban J connectivity index is 1.47. The van der Waals surface area contributed by atoms with Crippen LogP contribution in [0.25, 0.3) is 0 Å². The van der Waals surface area contributed by atoms with Crippen molar-refractivity contribution >= 4 is 17.7 Å². The summed E-state index contributed by atoms with van der Waals surface area (Å²) in [5, 5.41) is 6.01. The number of rotatable bonds is 8. The molecule has 4 atom stereocenters. The average molecular weight is 460 g/mol. The number of piperidine rings is 1. The summed E-state index contributed by atoms with van der Waals surface area (Å²) >= 11 is 0. The van der Waals surface area contributed by atoms with Crippen LogP contribution in [0.15, 0.2) is 12.1 Å². The Morgan fingerprint density at radius 3 is 2.76 bits per heavy atom. The third-order valence-corrected chi connectivity index (χ3v) is 7.37. The van der Waals surface area contributed by atoms with Crippen LogP contribution in [0.3, 0.4) is 0 Å². The molecule has 1 aromatic rings. The van der Waals surface area contributed by atoms with Crippen LogP contribution in [0.1, 0.15) is 73.4 Å². The molecule has 180 valence electrons. The molecule has 0 spiro atoms. The lowest BCUT2D eigenvalue weighted by Gasteiger charge is -2.35. The first kappa shape index (κ1) is 23.8. The highest BCUT2D eigenvalue weighted by molar-refractivity contribution is 6.05. The monoisotopic (exact) mass is 459 g/mol. The van der Waals surface area contributed by atoms with Crippen LogP contribution in [0, 0.1) is 11.7 Å². The quantitative estimate of drug-likeness (QED) is 0.584. The maximum atomic E-state index is 15.6. The van der Waals surface area contributed by atoms with E-state index in [-0.39, 0.29) is 37.0 Å². The minimum atomic E-state index is -0.731. The summed E-state index contributed by atoms with van der Waals surface area (Å²) in [7, 11) is 1.71. The van der Waals surface area contributed by atoms with Crippen molar-refractivity contribution in [1.29, 1.82) is 0 Å². The molecule has 2 fully saturated rings. The molecule has 1 saturated heterocycles. The van der Waals surface area contributed by atoms with E-state index < -0.39 is 11.9 Å². The summed E-state index contributed by atoms with van der Waals surface area (Å²) in [6.07, 6.45) is 6.46. The number of nitrogens with zero attached hydrogens (tertiary/aromatic N) is 1. The summed E-state index contributed by atoms with van der Waals surface area (Å²) in [6.45, 7) is 2.94. The lowest BCUT2D eigenvalue weighted by atomic mass is 9.80. The third kappa shape index (κ3) is 5.11. The molecule has 2 heterocycles. The number of carbonyl (C=O) groups excluding carboxylic acids is 3.